The lowest BCUT2D eigenvalue weighted by Crippen LogP contribution is -2.15. The zero-order valence-corrected chi connectivity index (χ0v) is 10.8. The number of hydrogen-bond donors (Lipinski definition) is 1. The Bertz CT molecular complexity index is 304. The van der Waals surface area contributed by atoms with E-state index in [1.54, 1.807) is 6.20 Å². The van der Waals surface area contributed by atoms with Gasteiger partial charge in [-0.25, -0.2) is 9.97 Å². The molecule has 1 aromatic rings. The highest BCUT2D eigenvalue weighted by molar-refractivity contribution is 6.28. The lowest BCUT2D eigenvalue weighted by atomic mass is 10.1. The maximum Gasteiger partial charge on any atom is 0.224 e. The summed E-state index contributed by atoms with van der Waals surface area (Å²) in [5.74, 6) is 0.808. The highest BCUT2D eigenvalue weighted by Gasteiger charge is 2.03. The summed E-state index contributed by atoms with van der Waals surface area (Å²) in [5, 5.41) is 3.62. The number of nitrogens with one attached hydrogen (secondary N) is 1. The van der Waals surface area contributed by atoms with Crippen molar-refractivity contribution in [1.82, 2.24) is 9.97 Å². The van der Waals surface area contributed by atoms with Crippen LogP contribution in [0.3, 0.4) is 0 Å². The lowest BCUT2D eigenvalue weighted by molar-refractivity contribution is 0.593. The molecule has 3 nitrogen and oxygen atoms in total. The molecule has 0 spiro atoms. The van der Waals surface area contributed by atoms with E-state index in [0.717, 1.165) is 5.82 Å². The average molecular weight is 242 g/mol. The van der Waals surface area contributed by atoms with E-state index in [-0.39, 0.29) is 0 Å². The first-order valence-electron chi connectivity index (χ1n) is 5.97. The highest BCUT2D eigenvalue weighted by Crippen LogP contribution is 2.11. The minimum absolute atomic E-state index is 0.295. The minimum atomic E-state index is 0.295. The SMILES string of the molecule is CCCCCCC(C)Nc1ccnc(Cl)n1. The topological polar surface area (TPSA) is 37.8 Å². The first-order valence-corrected chi connectivity index (χ1v) is 6.35. The van der Waals surface area contributed by atoms with E-state index in [1.807, 2.05) is 6.07 Å². The number of unbranched alkanes of at least 4 members (excludes halogenated alkanes) is 3. The van der Waals surface area contributed by atoms with Gasteiger partial charge in [-0.05, 0) is 31.0 Å². The van der Waals surface area contributed by atoms with Gasteiger partial charge >= 0.3 is 0 Å². The van der Waals surface area contributed by atoms with Crippen LogP contribution in [0.2, 0.25) is 5.28 Å². The fourth-order valence-electron chi connectivity index (χ4n) is 1.62. The molecule has 0 aliphatic rings. The van der Waals surface area contributed by atoms with Crippen molar-refractivity contribution in [3.63, 3.8) is 0 Å². The molecule has 1 unspecified atom stereocenters. The molecule has 0 saturated heterocycles. The molecule has 0 aliphatic carbocycles. The van der Waals surface area contributed by atoms with Gasteiger partial charge in [-0.1, -0.05) is 32.6 Å². The molecule has 1 atom stereocenters. The number of hydrogen-bond acceptors (Lipinski definition) is 3. The number of rotatable bonds is 7. The summed E-state index contributed by atoms with van der Waals surface area (Å²) >= 11 is 5.71. The second kappa shape index (κ2) is 7.44. The standard InChI is InChI=1S/C12H20ClN3/c1-3-4-5-6-7-10(2)15-11-8-9-14-12(13)16-11/h8-10H,3-7H2,1-2H3,(H,14,15,16). The molecule has 90 valence electrons. The summed E-state index contributed by atoms with van der Waals surface area (Å²) < 4.78 is 0. The van der Waals surface area contributed by atoms with Crippen molar-refractivity contribution < 1.29 is 0 Å². The fourth-order valence-corrected chi connectivity index (χ4v) is 1.76. The zero-order valence-electron chi connectivity index (χ0n) is 10.0. The van der Waals surface area contributed by atoms with Gasteiger partial charge in [0, 0.05) is 12.2 Å². The van der Waals surface area contributed by atoms with Crippen LogP contribution in [0.25, 0.3) is 0 Å². The van der Waals surface area contributed by atoms with Crippen molar-refractivity contribution >= 4 is 17.4 Å². The number of aromatic nitrogens is 2. The molecule has 1 rings (SSSR count). The van der Waals surface area contributed by atoms with Crippen molar-refractivity contribution in [2.45, 2.75) is 52.0 Å². The Kier molecular flexibility index (Phi) is 6.16. The molecule has 1 heterocycles. The summed E-state index contributed by atoms with van der Waals surface area (Å²) in [6.07, 6.45) is 8.02. The minimum Gasteiger partial charge on any atom is -0.367 e. The Morgan fingerprint density at radius 3 is 2.88 bits per heavy atom. The Labute approximate surface area is 103 Å². The van der Waals surface area contributed by atoms with Gasteiger partial charge in [0.2, 0.25) is 5.28 Å². The van der Waals surface area contributed by atoms with Crippen molar-refractivity contribution in [1.29, 1.82) is 0 Å². The molecule has 0 amide bonds. The van der Waals surface area contributed by atoms with Crippen LogP contribution < -0.4 is 5.32 Å². The van der Waals surface area contributed by atoms with E-state index in [0.29, 0.717) is 11.3 Å². The Morgan fingerprint density at radius 2 is 2.19 bits per heavy atom. The third kappa shape index (κ3) is 5.31. The number of nitrogens with zero attached hydrogens (tertiary/aromatic N) is 2. The molecule has 0 aliphatic heterocycles. The van der Waals surface area contributed by atoms with Crippen molar-refractivity contribution in [2.24, 2.45) is 0 Å². The second-order valence-corrected chi connectivity index (χ2v) is 4.44. The van der Waals surface area contributed by atoms with E-state index < -0.39 is 0 Å². The van der Waals surface area contributed by atoms with Crippen LogP contribution in [0.15, 0.2) is 12.3 Å². The normalized spacial score (nSPS) is 12.4. The third-order valence-corrected chi connectivity index (χ3v) is 2.69. The molecule has 0 aromatic carbocycles. The summed E-state index contributed by atoms with van der Waals surface area (Å²) in [6, 6.07) is 2.27. The summed E-state index contributed by atoms with van der Waals surface area (Å²) in [7, 11) is 0. The molecule has 4 heteroatoms. The Balaban J connectivity index is 2.25. The van der Waals surface area contributed by atoms with E-state index in [4.69, 9.17) is 11.6 Å². The van der Waals surface area contributed by atoms with Gasteiger partial charge in [-0.3, -0.25) is 0 Å². The van der Waals surface area contributed by atoms with E-state index >= 15 is 0 Å². The van der Waals surface area contributed by atoms with Gasteiger partial charge in [-0.15, -0.1) is 0 Å². The van der Waals surface area contributed by atoms with E-state index in [1.165, 1.54) is 32.1 Å². The Morgan fingerprint density at radius 1 is 1.38 bits per heavy atom. The molecule has 1 N–H and O–H groups in total. The van der Waals surface area contributed by atoms with Crippen molar-refractivity contribution in [2.75, 3.05) is 5.32 Å². The quantitative estimate of drug-likeness (QED) is 0.581. The van der Waals surface area contributed by atoms with Crippen molar-refractivity contribution in [3.8, 4) is 0 Å². The number of anilines is 1. The maximum atomic E-state index is 5.71. The fraction of sp³-hybridized carbons (Fsp3) is 0.667. The van der Waals surface area contributed by atoms with Crippen LogP contribution in [0.1, 0.15) is 46.0 Å². The van der Waals surface area contributed by atoms with Gasteiger partial charge in [0.1, 0.15) is 5.82 Å². The van der Waals surface area contributed by atoms with Crippen LogP contribution in [-0.4, -0.2) is 16.0 Å². The third-order valence-electron chi connectivity index (χ3n) is 2.51. The molecular weight excluding hydrogens is 222 g/mol. The van der Waals surface area contributed by atoms with Crippen LogP contribution in [0.4, 0.5) is 5.82 Å². The molecular formula is C12H20ClN3. The van der Waals surface area contributed by atoms with Crippen LogP contribution >= 0.6 is 11.6 Å². The van der Waals surface area contributed by atoms with Gasteiger partial charge in [0.15, 0.2) is 0 Å². The zero-order chi connectivity index (χ0) is 11.8. The largest absolute Gasteiger partial charge is 0.367 e. The van der Waals surface area contributed by atoms with Crippen LogP contribution in [0.5, 0.6) is 0 Å². The smallest absolute Gasteiger partial charge is 0.224 e. The van der Waals surface area contributed by atoms with Crippen molar-refractivity contribution in [3.05, 3.63) is 17.5 Å². The molecule has 0 radical (unpaired) electrons. The molecule has 0 fully saturated rings. The summed E-state index contributed by atoms with van der Waals surface area (Å²) in [4.78, 5) is 7.95. The van der Waals surface area contributed by atoms with Gasteiger partial charge in [-0.2, -0.15) is 0 Å². The summed E-state index contributed by atoms with van der Waals surface area (Å²) in [6.45, 7) is 4.40. The second-order valence-electron chi connectivity index (χ2n) is 4.11. The monoisotopic (exact) mass is 241 g/mol. The van der Waals surface area contributed by atoms with Gasteiger partial charge in [0.25, 0.3) is 0 Å². The maximum absolute atomic E-state index is 5.71. The number of halogens is 1. The van der Waals surface area contributed by atoms with E-state index in [9.17, 15) is 0 Å². The average Bonchev–Trinajstić information content (AvgIpc) is 2.24. The highest BCUT2D eigenvalue weighted by atomic mass is 35.5. The first kappa shape index (κ1) is 13.2. The Hall–Kier alpha value is -0.830. The van der Waals surface area contributed by atoms with E-state index in [2.05, 4.69) is 29.1 Å². The van der Waals surface area contributed by atoms with Gasteiger partial charge in [0.05, 0.1) is 0 Å². The molecule has 0 bridgehead atoms. The predicted octanol–water partition coefficient (Wildman–Crippen LogP) is 3.90. The lowest BCUT2D eigenvalue weighted by Gasteiger charge is -2.13. The van der Waals surface area contributed by atoms with Crippen LogP contribution in [-0.2, 0) is 0 Å². The molecule has 1 aromatic heterocycles. The molecule has 16 heavy (non-hydrogen) atoms. The van der Waals surface area contributed by atoms with Crippen LogP contribution in [0, 0.1) is 0 Å². The molecule has 0 saturated carbocycles. The van der Waals surface area contributed by atoms with Gasteiger partial charge < -0.3 is 5.32 Å². The first-order chi connectivity index (χ1) is 7.72. The predicted molar refractivity (Wildman–Crippen MR) is 68.9 cm³/mol. The summed E-state index contributed by atoms with van der Waals surface area (Å²) in [5.41, 5.74) is 0.